The summed E-state index contributed by atoms with van der Waals surface area (Å²) < 4.78 is 11.3. The number of nitrogens with one attached hydrogen (secondary N) is 3. The number of carbonyl (C=O) groups is 2. The van der Waals surface area contributed by atoms with E-state index in [0.717, 1.165) is 17.5 Å². The fraction of sp³-hybridized carbons (Fsp3) is 0.192. The number of rotatable bonds is 8. The van der Waals surface area contributed by atoms with Crippen molar-refractivity contribution in [1.29, 1.82) is 0 Å². The van der Waals surface area contributed by atoms with Crippen molar-refractivity contribution in [3.8, 4) is 11.5 Å². The van der Waals surface area contributed by atoms with Gasteiger partial charge in [0.05, 0.1) is 6.61 Å². The van der Waals surface area contributed by atoms with E-state index in [9.17, 15) is 9.59 Å². The molecule has 0 saturated heterocycles. The Morgan fingerprint density at radius 3 is 2.29 bits per heavy atom. The van der Waals surface area contributed by atoms with Crippen molar-refractivity contribution >= 4 is 29.1 Å². The lowest BCUT2D eigenvalue weighted by atomic mass is 10.1. The van der Waals surface area contributed by atoms with Gasteiger partial charge in [0.15, 0.2) is 11.7 Å². The van der Waals surface area contributed by atoms with Gasteiger partial charge in [-0.25, -0.2) is 0 Å². The molecule has 0 aliphatic rings. The average molecular weight is 478 g/mol. The highest BCUT2D eigenvalue weighted by Crippen LogP contribution is 2.16. The molecule has 0 aliphatic heterocycles. The maximum atomic E-state index is 12.5. The Kier molecular flexibility index (Phi) is 8.99. The van der Waals surface area contributed by atoms with Crippen LogP contribution in [-0.4, -0.2) is 30.1 Å². The van der Waals surface area contributed by atoms with Crippen LogP contribution in [0.4, 0.5) is 0 Å². The molecule has 3 aromatic carbocycles. The highest BCUT2D eigenvalue weighted by Gasteiger charge is 2.10. The number of amides is 2. The van der Waals surface area contributed by atoms with E-state index in [1.807, 2.05) is 62.4 Å². The molecular weight excluding hydrogens is 450 g/mol. The number of hydrogen-bond donors (Lipinski definition) is 3. The van der Waals surface area contributed by atoms with Crippen molar-refractivity contribution in [3.05, 3.63) is 95.1 Å². The lowest BCUT2D eigenvalue weighted by Gasteiger charge is -2.12. The van der Waals surface area contributed by atoms with Crippen molar-refractivity contribution in [2.24, 2.45) is 0 Å². The van der Waals surface area contributed by atoms with E-state index >= 15 is 0 Å². The highest BCUT2D eigenvalue weighted by atomic mass is 32.1. The van der Waals surface area contributed by atoms with Crippen LogP contribution in [0.5, 0.6) is 11.5 Å². The second kappa shape index (κ2) is 12.4. The Labute approximate surface area is 204 Å². The largest absolute Gasteiger partial charge is 0.493 e. The molecule has 176 valence electrons. The molecule has 0 atom stereocenters. The van der Waals surface area contributed by atoms with Gasteiger partial charge >= 0.3 is 0 Å². The molecule has 0 heterocycles. The first-order valence-corrected chi connectivity index (χ1v) is 11.2. The maximum Gasteiger partial charge on any atom is 0.276 e. The molecule has 0 unspecified atom stereocenters. The zero-order chi connectivity index (χ0) is 24.3. The van der Waals surface area contributed by atoms with E-state index in [-0.39, 0.29) is 11.7 Å². The van der Waals surface area contributed by atoms with Crippen LogP contribution in [-0.2, 0) is 11.2 Å². The first kappa shape index (κ1) is 24.7. The summed E-state index contributed by atoms with van der Waals surface area (Å²) >= 11 is 5.09. The van der Waals surface area contributed by atoms with Gasteiger partial charge in [0, 0.05) is 12.0 Å². The number of thiocarbonyl (C=S) groups is 1. The van der Waals surface area contributed by atoms with Gasteiger partial charge in [0.2, 0.25) is 0 Å². The molecule has 0 aliphatic carbocycles. The monoisotopic (exact) mass is 477 g/mol. The summed E-state index contributed by atoms with van der Waals surface area (Å²) in [6, 6.07) is 22.5. The number of hydrazine groups is 1. The smallest absolute Gasteiger partial charge is 0.276 e. The maximum absolute atomic E-state index is 12.5. The van der Waals surface area contributed by atoms with Gasteiger partial charge in [-0.1, -0.05) is 42.5 Å². The summed E-state index contributed by atoms with van der Waals surface area (Å²) in [6.45, 7) is 4.20. The fourth-order valence-electron chi connectivity index (χ4n) is 3.19. The lowest BCUT2D eigenvalue weighted by Crippen LogP contribution is -2.49. The third-order valence-electron chi connectivity index (χ3n) is 4.71. The van der Waals surface area contributed by atoms with E-state index in [1.54, 1.807) is 24.3 Å². The number of aryl methyl sites for hydroxylation is 2. The predicted molar refractivity (Wildman–Crippen MR) is 135 cm³/mol. The quantitative estimate of drug-likeness (QED) is 0.339. The third kappa shape index (κ3) is 8.22. The van der Waals surface area contributed by atoms with Crippen LogP contribution in [0.15, 0.2) is 72.8 Å². The van der Waals surface area contributed by atoms with Crippen LogP contribution >= 0.6 is 12.2 Å². The van der Waals surface area contributed by atoms with E-state index in [1.165, 1.54) is 5.56 Å². The molecule has 7 nitrogen and oxygen atoms in total. The third-order valence-corrected chi connectivity index (χ3v) is 4.91. The summed E-state index contributed by atoms with van der Waals surface area (Å²) in [7, 11) is 0. The van der Waals surface area contributed by atoms with Crippen molar-refractivity contribution in [3.63, 3.8) is 0 Å². The van der Waals surface area contributed by atoms with E-state index in [2.05, 4.69) is 16.2 Å². The molecule has 0 saturated carbocycles. The molecule has 3 aromatic rings. The molecule has 0 aromatic heterocycles. The predicted octanol–water partition coefficient (Wildman–Crippen LogP) is 3.64. The lowest BCUT2D eigenvalue weighted by molar-refractivity contribution is -0.123. The minimum Gasteiger partial charge on any atom is -0.493 e. The molecule has 0 radical (unpaired) electrons. The number of ether oxygens (including phenoxy) is 2. The Bertz CT molecular complexity index is 1130. The minimum absolute atomic E-state index is 0.0415. The van der Waals surface area contributed by atoms with Crippen LogP contribution in [0.1, 0.15) is 27.0 Å². The van der Waals surface area contributed by atoms with Crippen LogP contribution in [0, 0.1) is 13.8 Å². The number of carbonyl (C=O) groups excluding carboxylic acids is 2. The molecule has 8 heteroatoms. The van der Waals surface area contributed by atoms with Crippen molar-refractivity contribution in [2.75, 3.05) is 13.2 Å². The van der Waals surface area contributed by atoms with Gasteiger partial charge < -0.3 is 9.47 Å². The Morgan fingerprint density at radius 1 is 0.824 bits per heavy atom. The van der Waals surface area contributed by atoms with Gasteiger partial charge in [-0.05, 0) is 73.1 Å². The molecule has 3 rings (SSSR count). The number of hydrogen-bond acceptors (Lipinski definition) is 5. The number of benzene rings is 3. The molecule has 0 spiro atoms. The molecule has 0 fully saturated rings. The van der Waals surface area contributed by atoms with Crippen LogP contribution in [0.2, 0.25) is 0 Å². The first-order chi connectivity index (χ1) is 16.4. The minimum atomic E-state index is -0.440. The molecule has 3 N–H and O–H groups in total. The standard InChI is InChI=1S/C26H27N3O4S/c1-18-13-19(2)15-23(14-18)33-17-24(30)28-29-26(34)27-25(31)21-9-6-10-22(16-21)32-12-11-20-7-4-3-5-8-20/h3-10,13-16H,11-12,17H2,1-2H3,(H,28,30)(H2,27,29,31,34). The molecule has 0 bridgehead atoms. The zero-order valence-corrected chi connectivity index (χ0v) is 19.9. The van der Waals surface area contributed by atoms with Gasteiger partial charge in [-0.15, -0.1) is 0 Å². The molecule has 2 amide bonds. The Balaban J connectivity index is 1.40. The first-order valence-electron chi connectivity index (χ1n) is 10.8. The fourth-order valence-corrected chi connectivity index (χ4v) is 3.34. The topological polar surface area (TPSA) is 88.7 Å². The second-order valence-corrected chi connectivity index (χ2v) is 8.09. The van der Waals surface area contributed by atoms with Gasteiger partial charge in [0.1, 0.15) is 11.5 Å². The van der Waals surface area contributed by atoms with Crippen LogP contribution < -0.4 is 25.6 Å². The molecule has 34 heavy (non-hydrogen) atoms. The second-order valence-electron chi connectivity index (χ2n) is 7.68. The van der Waals surface area contributed by atoms with E-state index < -0.39 is 11.8 Å². The summed E-state index contributed by atoms with van der Waals surface area (Å²) in [6.07, 6.45) is 0.762. The summed E-state index contributed by atoms with van der Waals surface area (Å²) in [5.41, 5.74) is 8.54. The normalized spacial score (nSPS) is 10.2. The highest BCUT2D eigenvalue weighted by molar-refractivity contribution is 7.80. The summed E-state index contributed by atoms with van der Waals surface area (Å²) in [5, 5.41) is 2.48. The van der Waals surface area contributed by atoms with Gasteiger partial charge in [-0.3, -0.25) is 25.8 Å². The van der Waals surface area contributed by atoms with Crippen LogP contribution in [0.25, 0.3) is 0 Å². The van der Waals surface area contributed by atoms with Gasteiger partial charge in [0.25, 0.3) is 11.8 Å². The Morgan fingerprint density at radius 2 is 1.56 bits per heavy atom. The van der Waals surface area contributed by atoms with Crippen molar-refractivity contribution in [2.45, 2.75) is 20.3 Å². The van der Waals surface area contributed by atoms with E-state index in [4.69, 9.17) is 21.7 Å². The average Bonchev–Trinajstić information content (AvgIpc) is 2.82. The van der Waals surface area contributed by atoms with E-state index in [0.29, 0.717) is 23.7 Å². The van der Waals surface area contributed by atoms with Crippen LogP contribution in [0.3, 0.4) is 0 Å². The zero-order valence-electron chi connectivity index (χ0n) is 19.1. The Hall–Kier alpha value is -3.91. The summed E-state index contributed by atoms with van der Waals surface area (Å²) in [4.78, 5) is 24.5. The van der Waals surface area contributed by atoms with Crippen molar-refractivity contribution < 1.29 is 19.1 Å². The van der Waals surface area contributed by atoms with Gasteiger partial charge in [-0.2, -0.15) is 0 Å². The summed E-state index contributed by atoms with van der Waals surface area (Å²) in [5.74, 6) is 0.324. The van der Waals surface area contributed by atoms with Crippen molar-refractivity contribution in [1.82, 2.24) is 16.2 Å². The SMILES string of the molecule is Cc1cc(C)cc(OCC(=O)NNC(=S)NC(=O)c2cccc(OCCc3ccccc3)c2)c1. The molecular formula is C26H27N3O4S.